The molecule has 2 N–H and O–H groups in total. The fourth-order valence-corrected chi connectivity index (χ4v) is 2.13. The molecule has 0 aliphatic rings. The lowest BCUT2D eigenvalue weighted by atomic mass is 10.1. The third-order valence-corrected chi connectivity index (χ3v) is 3.18. The topological polar surface area (TPSA) is 101 Å². The molecule has 3 rings (SSSR count). The number of imidazole rings is 1. The van der Waals surface area contributed by atoms with E-state index in [-0.39, 0.29) is 5.69 Å². The summed E-state index contributed by atoms with van der Waals surface area (Å²) in [4.78, 5) is 29.5. The van der Waals surface area contributed by atoms with Gasteiger partial charge in [0.25, 0.3) is 11.6 Å². The van der Waals surface area contributed by atoms with Gasteiger partial charge in [0, 0.05) is 12.1 Å². The number of nitrogens with one attached hydrogen (secondary N) is 2. The molecule has 7 heteroatoms. The van der Waals surface area contributed by atoms with E-state index in [0.29, 0.717) is 11.5 Å². The fraction of sp³-hybridized carbons (Fsp3) is 0. The van der Waals surface area contributed by atoms with Gasteiger partial charge in [-0.25, -0.2) is 4.98 Å². The molecule has 0 bridgehead atoms. The van der Waals surface area contributed by atoms with E-state index in [1.165, 1.54) is 18.2 Å². The maximum absolute atomic E-state index is 11.9. The lowest BCUT2D eigenvalue weighted by molar-refractivity contribution is -0.385. The Labute approximate surface area is 130 Å². The van der Waals surface area contributed by atoms with Crippen molar-refractivity contribution in [2.75, 3.05) is 5.32 Å². The number of anilines is 1. The van der Waals surface area contributed by atoms with Gasteiger partial charge in [0.2, 0.25) is 5.95 Å². The van der Waals surface area contributed by atoms with E-state index in [9.17, 15) is 14.9 Å². The number of hydrogen-bond acceptors (Lipinski definition) is 4. The molecule has 0 aliphatic heterocycles. The summed E-state index contributed by atoms with van der Waals surface area (Å²) < 4.78 is 0. The number of nitro benzene ring substituents is 1. The lowest BCUT2D eigenvalue weighted by Crippen LogP contribution is -2.09. The summed E-state index contributed by atoms with van der Waals surface area (Å²) in [5.41, 5.74) is 1.86. The molecule has 0 fully saturated rings. The zero-order chi connectivity index (χ0) is 16.2. The van der Waals surface area contributed by atoms with Gasteiger partial charge in [-0.1, -0.05) is 24.3 Å². The van der Waals surface area contributed by atoms with Gasteiger partial charge in [-0.3, -0.25) is 20.2 Å². The second-order valence-electron chi connectivity index (χ2n) is 4.74. The Morgan fingerprint density at radius 3 is 2.70 bits per heavy atom. The molecule has 23 heavy (non-hydrogen) atoms. The maximum Gasteiger partial charge on any atom is 0.276 e. The van der Waals surface area contributed by atoms with E-state index in [1.54, 1.807) is 18.2 Å². The largest absolute Gasteiger partial charge is 0.324 e. The Kier molecular flexibility index (Phi) is 3.84. The molecule has 7 nitrogen and oxygen atoms in total. The molecule has 1 amide bonds. The number of rotatable bonds is 4. The Morgan fingerprint density at radius 2 is 1.91 bits per heavy atom. The minimum absolute atomic E-state index is 0.0553. The molecule has 0 aliphatic carbocycles. The molecule has 114 valence electrons. The summed E-state index contributed by atoms with van der Waals surface area (Å²) in [5.74, 6) is -0.106. The van der Waals surface area contributed by atoms with Crippen molar-refractivity contribution in [2.24, 2.45) is 0 Å². The van der Waals surface area contributed by atoms with Crippen LogP contribution in [-0.4, -0.2) is 20.8 Å². The van der Waals surface area contributed by atoms with Crippen LogP contribution in [0, 0.1) is 10.1 Å². The van der Waals surface area contributed by atoms with Crippen LogP contribution in [0.25, 0.3) is 17.1 Å². The van der Waals surface area contributed by atoms with Crippen molar-refractivity contribution in [3.63, 3.8) is 0 Å². The molecule has 0 unspecified atom stereocenters. The Hall–Kier alpha value is -3.48. The average molecular weight is 308 g/mol. The quantitative estimate of drug-likeness (QED) is 0.439. The second kappa shape index (κ2) is 6.10. The normalized spacial score (nSPS) is 11.0. The fourth-order valence-electron chi connectivity index (χ4n) is 2.13. The van der Waals surface area contributed by atoms with Crippen LogP contribution in [0.5, 0.6) is 0 Å². The van der Waals surface area contributed by atoms with Crippen LogP contribution in [0.3, 0.4) is 0 Å². The molecule has 2 aromatic carbocycles. The summed E-state index contributed by atoms with van der Waals surface area (Å²) in [6, 6.07) is 13.6. The number of nitrogens with zero attached hydrogens (tertiary/aromatic N) is 2. The minimum Gasteiger partial charge on any atom is -0.324 e. The third kappa shape index (κ3) is 3.24. The minimum atomic E-state index is -0.489. The molecule has 0 radical (unpaired) electrons. The van der Waals surface area contributed by atoms with Crippen molar-refractivity contribution in [2.45, 2.75) is 0 Å². The first-order valence-corrected chi connectivity index (χ1v) is 6.81. The van der Waals surface area contributed by atoms with Gasteiger partial charge in [0.15, 0.2) is 0 Å². The highest BCUT2D eigenvalue weighted by Gasteiger charge is 2.10. The number of fused-ring (bicyclic) bond motifs is 1. The van der Waals surface area contributed by atoms with Crippen molar-refractivity contribution in [3.8, 4) is 0 Å². The maximum atomic E-state index is 11.9. The zero-order valence-corrected chi connectivity index (χ0v) is 11.9. The summed E-state index contributed by atoms with van der Waals surface area (Å²) in [6.45, 7) is 0. The highest BCUT2D eigenvalue weighted by Crippen LogP contribution is 2.19. The van der Waals surface area contributed by atoms with Crippen LogP contribution in [0.4, 0.5) is 11.6 Å². The number of carbonyl (C=O) groups is 1. The first kappa shape index (κ1) is 14.5. The van der Waals surface area contributed by atoms with Crippen molar-refractivity contribution in [3.05, 3.63) is 70.3 Å². The molecule has 0 saturated carbocycles. The van der Waals surface area contributed by atoms with Gasteiger partial charge in [-0.15, -0.1) is 0 Å². The summed E-state index contributed by atoms with van der Waals surface area (Å²) in [5, 5.41) is 13.5. The van der Waals surface area contributed by atoms with Crippen molar-refractivity contribution >= 4 is 34.7 Å². The lowest BCUT2D eigenvalue weighted by Gasteiger charge is -1.97. The van der Waals surface area contributed by atoms with Crippen LogP contribution in [-0.2, 0) is 4.79 Å². The van der Waals surface area contributed by atoms with Crippen molar-refractivity contribution in [1.29, 1.82) is 0 Å². The molecule has 1 aromatic heterocycles. The van der Waals surface area contributed by atoms with E-state index in [0.717, 1.165) is 11.0 Å². The van der Waals surface area contributed by atoms with E-state index in [4.69, 9.17) is 0 Å². The van der Waals surface area contributed by atoms with E-state index < -0.39 is 10.8 Å². The van der Waals surface area contributed by atoms with Crippen LogP contribution in [0.1, 0.15) is 5.56 Å². The van der Waals surface area contributed by atoms with Gasteiger partial charge in [-0.2, -0.15) is 0 Å². The predicted octanol–water partition coefficient (Wildman–Crippen LogP) is 3.12. The van der Waals surface area contributed by atoms with E-state index >= 15 is 0 Å². The van der Waals surface area contributed by atoms with E-state index in [1.807, 2.05) is 24.3 Å². The van der Waals surface area contributed by atoms with Gasteiger partial charge in [-0.05, 0) is 24.3 Å². The Bertz CT molecular complexity index is 881. The third-order valence-electron chi connectivity index (χ3n) is 3.18. The van der Waals surface area contributed by atoms with E-state index in [2.05, 4.69) is 15.3 Å². The van der Waals surface area contributed by atoms with Crippen molar-refractivity contribution < 1.29 is 9.72 Å². The highest BCUT2D eigenvalue weighted by molar-refractivity contribution is 6.01. The number of amides is 1. The van der Waals surface area contributed by atoms with Gasteiger partial charge in [0.05, 0.1) is 21.5 Å². The molecule has 0 spiro atoms. The Balaban J connectivity index is 1.75. The molecule has 3 aromatic rings. The summed E-state index contributed by atoms with van der Waals surface area (Å²) in [6.07, 6.45) is 2.63. The van der Waals surface area contributed by atoms with Crippen LogP contribution in [0.2, 0.25) is 0 Å². The zero-order valence-electron chi connectivity index (χ0n) is 11.9. The number of benzene rings is 2. The summed E-state index contributed by atoms with van der Waals surface area (Å²) in [7, 11) is 0. The van der Waals surface area contributed by atoms with Crippen LogP contribution in [0.15, 0.2) is 54.6 Å². The molecular weight excluding hydrogens is 296 g/mol. The molecule has 0 saturated heterocycles. The Morgan fingerprint density at radius 1 is 1.17 bits per heavy atom. The number of para-hydroxylation sites is 3. The standard InChI is InChI=1S/C16H12N4O3/c21-15(10-9-11-5-1-4-8-14(11)20(22)23)19-16-17-12-6-2-3-7-13(12)18-16/h1-10H,(H2,17,18,19,21)/b10-9+. The number of aromatic nitrogens is 2. The molecule has 0 atom stereocenters. The van der Waals surface area contributed by atoms with Gasteiger partial charge < -0.3 is 4.98 Å². The number of hydrogen-bond donors (Lipinski definition) is 2. The summed E-state index contributed by atoms with van der Waals surface area (Å²) >= 11 is 0. The average Bonchev–Trinajstić information content (AvgIpc) is 2.95. The first-order valence-electron chi connectivity index (χ1n) is 6.81. The smallest absolute Gasteiger partial charge is 0.276 e. The van der Waals surface area contributed by atoms with Gasteiger partial charge in [0.1, 0.15) is 0 Å². The number of aromatic amines is 1. The number of carbonyl (C=O) groups excluding carboxylic acids is 1. The van der Waals surface area contributed by atoms with Crippen molar-refractivity contribution in [1.82, 2.24) is 9.97 Å². The SMILES string of the molecule is O=C(/C=C/c1ccccc1[N+](=O)[O-])Nc1nc2ccccc2[nH]1. The highest BCUT2D eigenvalue weighted by atomic mass is 16.6. The number of H-pyrrole nitrogens is 1. The second-order valence-corrected chi connectivity index (χ2v) is 4.74. The van der Waals surface area contributed by atoms with Crippen LogP contribution < -0.4 is 5.32 Å². The molecule has 1 heterocycles. The molecular formula is C16H12N4O3. The predicted molar refractivity (Wildman–Crippen MR) is 86.9 cm³/mol. The monoisotopic (exact) mass is 308 g/mol. The first-order chi connectivity index (χ1) is 11.1. The van der Waals surface area contributed by atoms with Gasteiger partial charge >= 0.3 is 0 Å². The van der Waals surface area contributed by atoms with Crippen LogP contribution >= 0.6 is 0 Å². The number of nitro groups is 1.